The number of rotatable bonds is 8. The molecule has 0 fully saturated rings. The van der Waals surface area contributed by atoms with Crippen LogP contribution in [0.3, 0.4) is 0 Å². The van der Waals surface area contributed by atoms with Gasteiger partial charge >= 0.3 is 0 Å². The minimum atomic E-state index is -0.324. The van der Waals surface area contributed by atoms with Crippen LogP contribution in [0.15, 0.2) is 33.9 Å². The largest absolute Gasteiger partial charge is 0.486 e. The van der Waals surface area contributed by atoms with Crippen molar-refractivity contribution in [3.8, 4) is 5.75 Å². The predicted octanol–water partition coefficient (Wildman–Crippen LogP) is 2.90. The molecule has 26 heavy (non-hydrogen) atoms. The molecule has 0 saturated heterocycles. The molecule has 0 aliphatic rings. The van der Waals surface area contributed by atoms with Crippen molar-refractivity contribution in [1.29, 1.82) is 0 Å². The third kappa shape index (κ3) is 4.31. The van der Waals surface area contributed by atoms with Gasteiger partial charge in [-0.25, -0.2) is 9.07 Å². The van der Waals surface area contributed by atoms with Gasteiger partial charge in [-0.2, -0.15) is 4.98 Å². The molecule has 0 aliphatic heterocycles. The molecule has 0 amide bonds. The third-order valence-corrected chi connectivity index (χ3v) is 4.55. The van der Waals surface area contributed by atoms with Crippen molar-refractivity contribution in [1.82, 2.24) is 25.0 Å². The summed E-state index contributed by atoms with van der Waals surface area (Å²) in [4.78, 5) is 4.36. The van der Waals surface area contributed by atoms with Gasteiger partial charge in [-0.3, -0.25) is 0 Å². The number of nitrogen functional groups attached to an aromatic ring is 1. The van der Waals surface area contributed by atoms with E-state index in [1.54, 1.807) is 0 Å². The van der Waals surface area contributed by atoms with E-state index in [0.29, 0.717) is 28.4 Å². The van der Waals surface area contributed by atoms with Crippen molar-refractivity contribution in [3.63, 3.8) is 0 Å². The maximum absolute atomic E-state index is 12.9. The summed E-state index contributed by atoms with van der Waals surface area (Å²) in [5.74, 6) is 7.89. The summed E-state index contributed by atoms with van der Waals surface area (Å²) in [6.45, 7) is 4.10. The van der Waals surface area contributed by atoms with E-state index in [9.17, 15) is 4.39 Å². The summed E-state index contributed by atoms with van der Waals surface area (Å²) in [7, 11) is 0. The molecular formula is C16H19FN6O2S. The Bertz CT molecular complexity index is 851. The molecule has 1 aromatic carbocycles. The van der Waals surface area contributed by atoms with Gasteiger partial charge in [0.15, 0.2) is 11.6 Å². The molecule has 1 unspecified atom stereocenters. The van der Waals surface area contributed by atoms with Crippen LogP contribution in [0.5, 0.6) is 5.75 Å². The number of benzene rings is 1. The van der Waals surface area contributed by atoms with E-state index in [4.69, 9.17) is 15.1 Å². The van der Waals surface area contributed by atoms with Crippen LogP contribution >= 0.6 is 11.8 Å². The fourth-order valence-corrected chi connectivity index (χ4v) is 2.95. The number of ether oxygens (including phenoxy) is 1. The smallest absolute Gasteiger partial charge is 0.239 e. The Morgan fingerprint density at radius 1 is 1.31 bits per heavy atom. The van der Waals surface area contributed by atoms with Crippen molar-refractivity contribution in [2.24, 2.45) is 0 Å². The lowest BCUT2D eigenvalue weighted by Gasteiger charge is -2.07. The van der Waals surface area contributed by atoms with Crippen LogP contribution in [-0.2, 0) is 13.0 Å². The van der Waals surface area contributed by atoms with Crippen molar-refractivity contribution in [2.45, 2.75) is 43.7 Å². The van der Waals surface area contributed by atoms with Crippen LogP contribution in [0, 0.1) is 5.82 Å². The normalized spacial score (nSPS) is 12.3. The number of hydrogen-bond donors (Lipinski definition) is 1. The Balaban J connectivity index is 1.61. The van der Waals surface area contributed by atoms with Crippen LogP contribution < -0.4 is 10.6 Å². The Labute approximate surface area is 153 Å². The minimum Gasteiger partial charge on any atom is -0.486 e. The molecule has 3 rings (SSSR count). The molecule has 8 nitrogen and oxygen atoms in total. The Morgan fingerprint density at radius 3 is 2.81 bits per heavy atom. The number of nitrogens with two attached hydrogens (primary N) is 1. The monoisotopic (exact) mass is 378 g/mol. The highest BCUT2D eigenvalue weighted by molar-refractivity contribution is 7.99. The molecule has 0 saturated carbocycles. The summed E-state index contributed by atoms with van der Waals surface area (Å²) >= 11 is 1.36. The van der Waals surface area contributed by atoms with Crippen LogP contribution in [0.4, 0.5) is 4.39 Å². The van der Waals surface area contributed by atoms with Gasteiger partial charge < -0.3 is 15.1 Å². The summed E-state index contributed by atoms with van der Waals surface area (Å²) in [5.41, 5.74) is 0. The van der Waals surface area contributed by atoms with E-state index in [-0.39, 0.29) is 17.7 Å². The molecule has 0 aliphatic carbocycles. The van der Waals surface area contributed by atoms with Crippen molar-refractivity contribution in [3.05, 3.63) is 47.6 Å². The molecule has 3 aromatic rings. The lowest BCUT2D eigenvalue weighted by molar-refractivity contribution is 0.291. The first-order valence-corrected chi connectivity index (χ1v) is 9.01. The maximum Gasteiger partial charge on any atom is 0.239 e. The lowest BCUT2D eigenvalue weighted by atomic mass is 10.3. The number of hydrogen-bond acceptors (Lipinski definition) is 8. The average molecular weight is 378 g/mol. The highest BCUT2D eigenvalue weighted by Crippen LogP contribution is 2.32. The molecule has 1 atom stereocenters. The van der Waals surface area contributed by atoms with E-state index in [0.717, 1.165) is 12.8 Å². The molecule has 0 radical (unpaired) electrons. The van der Waals surface area contributed by atoms with Gasteiger partial charge in [0, 0.05) is 6.42 Å². The molecule has 0 spiro atoms. The standard InChI is InChI=1S/C16H19FN6O2S/c1-3-4-13-19-15(25-22-13)10(2)26-16-21-20-14(23(16)18)9-24-12-7-5-11(17)6-8-12/h5-8,10H,3-4,9,18H2,1-2H3. The number of aromatic nitrogens is 5. The second-order valence-corrected chi connectivity index (χ2v) is 6.88. The van der Waals surface area contributed by atoms with Crippen LogP contribution in [-0.4, -0.2) is 25.0 Å². The van der Waals surface area contributed by atoms with E-state index in [1.165, 1.54) is 40.7 Å². The van der Waals surface area contributed by atoms with Crippen LogP contribution in [0.2, 0.25) is 0 Å². The number of thioether (sulfide) groups is 1. The van der Waals surface area contributed by atoms with Gasteiger partial charge in [0.2, 0.25) is 11.0 Å². The molecule has 0 bridgehead atoms. The fourth-order valence-electron chi connectivity index (χ4n) is 2.13. The summed E-state index contributed by atoms with van der Waals surface area (Å²) < 4.78 is 25.1. The molecule has 2 N–H and O–H groups in total. The van der Waals surface area contributed by atoms with Crippen molar-refractivity contribution < 1.29 is 13.7 Å². The number of halogens is 1. The highest BCUT2D eigenvalue weighted by Gasteiger charge is 2.20. The Kier molecular flexibility index (Phi) is 5.71. The average Bonchev–Trinajstić information content (AvgIpc) is 3.23. The summed E-state index contributed by atoms with van der Waals surface area (Å²) in [6, 6.07) is 5.72. The minimum absolute atomic E-state index is 0.116. The van der Waals surface area contributed by atoms with Gasteiger partial charge in [0.25, 0.3) is 0 Å². The first-order valence-electron chi connectivity index (χ1n) is 8.13. The number of aryl methyl sites for hydroxylation is 1. The summed E-state index contributed by atoms with van der Waals surface area (Å²) in [5, 5.41) is 12.4. The van der Waals surface area contributed by atoms with Gasteiger partial charge in [0.05, 0.1) is 5.25 Å². The SMILES string of the molecule is CCCc1noc(C(C)Sc2nnc(COc3ccc(F)cc3)n2N)n1. The van der Waals surface area contributed by atoms with E-state index >= 15 is 0 Å². The summed E-state index contributed by atoms with van der Waals surface area (Å²) in [6.07, 6.45) is 1.73. The molecule has 2 aromatic heterocycles. The first kappa shape index (κ1) is 18.2. The quantitative estimate of drug-likeness (QED) is 0.471. The Hall–Kier alpha value is -2.62. The van der Waals surface area contributed by atoms with Crippen LogP contribution in [0.1, 0.15) is 43.1 Å². The van der Waals surface area contributed by atoms with E-state index in [1.807, 2.05) is 6.92 Å². The zero-order valence-electron chi connectivity index (χ0n) is 14.4. The highest BCUT2D eigenvalue weighted by atomic mass is 32.2. The molecule has 2 heterocycles. The van der Waals surface area contributed by atoms with Crippen molar-refractivity contribution >= 4 is 11.8 Å². The van der Waals surface area contributed by atoms with E-state index in [2.05, 4.69) is 27.3 Å². The van der Waals surface area contributed by atoms with Crippen molar-refractivity contribution in [2.75, 3.05) is 5.84 Å². The Morgan fingerprint density at radius 2 is 2.08 bits per heavy atom. The van der Waals surface area contributed by atoms with Gasteiger partial charge in [-0.15, -0.1) is 10.2 Å². The number of nitrogens with zero attached hydrogens (tertiary/aromatic N) is 5. The van der Waals surface area contributed by atoms with Gasteiger partial charge in [-0.1, -0.05) is 23.8 Å². The topological polar surface area (TPSA) is 105 Å². The van der Waals surface area contributed by atoms with E-state index < -0.39 is 0 Å². The molecule has 138 valence electrons. The molecule has 10 heteroatoms. The zero-order valence-corrected chi connectivity index (χ0v) is 15.2. The second kappa shape index (κ2) is 8.17. The third-order valence-electron chi connectivity index (χ3n) is 3.50. The fraction of sp³-hybridized carbons (Fsp3) is 0.375. The van der Waals surface area contributed by atoms with Gasteiger partial charge in [0.1, 0.15) is 18.2 Å². The second-order valence-electron chi connectivity index (χ2n) is 5.57. The van der Waals surface area contributed by atoms with Gasteiger partial charge in [-0.05, 0) is 37.6 Å². The maximum atomic E-state index is 12.9. The zero-order chi connectivity index (χ0) is 18.5. The lowest BCUT2D eigenvalue weighted by Crippen LogP contribution is -2.16. The predicted molar refractivity (Wildman–Crippen MR) is 93.5 cm³/mol. The molecular weight excluding hydrogens is 359 g/mol. The van der Waals surface area contributed by atoms with Crippen LogP contribution in [0.25, 0.3) is 0 Å². The first-order chi connectivity index (χ1) is 12.6.